The summed E-state index contributed by atoms with van der Waals surface area (Å²) in [7, 11) is 0. The van der Waals surface area contributed by atoms with Crippen molar-refractivity contribution in [3.05, 3.63) is 34.1 Å². The van der Waals surface area contributed by atoms with Crippen LogP contribution in [0.4, 0.5) is 5.13 Å². The molecule has 0 fully saturated rings. The van der Waals surface area contributed by atoms with Gasteiger partial charge in [0.15, 0.2) is 5.13 Å². The van der Waals surface area contributed by atoms with E-state index >= 15 is 0 Å². The Morgan fingerprint density at radius 1 is 1.33 bits per heavy atom. The third-order valence-corrected chi connectivity index (χ3v) is 5.19. The zero-order valence-corrected chi connectivity index (χ0v) is 17.5. The summed E-state index contributed by atoms with van der Waals surface area (Å²) in [4.78, 5) is 31.3. The lowest BCUT2D eigenvalue weighted by Crippen LogP contribution is -2.35. The van der Waals surface area contributed by atoms with E-state index in [9.17, 15) is 9.59 Å². The molecular weight excluding hydrogens is 364 g/mol. The standard InChI is InChI=1S/C19H26N4O3S/c1-7-22-14(6)15(11-20-22)9-10-16(24)23(12(3)4)19-21-13(5)17(27-19)18(25)26-8-2/h9-12H,7-8H2,1-6H3/b10-9+. The minimum Gasteiger partial charge on any atom is -0.462 e. The average molecular weight is 391 g/mol. The van der Waals surface area contributed by atoms with E-state index in [1.807, 2.05) is 32.4 Å². The smallest absolute Gasteiger partial charge is 0.350 e. The van der Waals surface area contributed by atoms with E-state index in [0.717, 1.165) is 17.8 Å². The van der Waals surface area contributed by atoms with Crippen molar-refractivity contribution in [2.24, 2.45) is 0 Å². The highest BCUT2D eigenvalue weighted by Gasteiger charge is 2.24. The molecule has 0 bridgehead atoms. The summed E-state index contributed by atoms with van der Waals surface area (Å²) in [5, 5.41) is 4.77. The summed E-state index contributed by atoms with van der Waals surface area (Å²) in [5.41, 5.74) is 2.47. The van der Waals surface area contributed by atoms with E-state index in [0.29, 0.717) is 22.3 Å². The van der Waals surface area contributed by atoms with Crippen LogP contribution in [0.3, 0.4) is 0 Å². The molecule has 0 aliphatic rings. The Kier molecular flexibility index (Phi) is 6.90. The van der Waals surface area contributed by atoms with Crippen molar-refractivity contribution < 1.29 is 14.3 Å². The van der Waals surface area contributed by atoms with Crippen molar-refractivity contribution in [3.8, 4) is 0 Å². The number of carbonyl (C=O) groups excluding carboxylic acids is 2. The van der Waals surface area contributed by atoms with Crippen LogP contribution in [-0.2, 0) is 16.1 Å². The highest BCUT2D eigenvalue weighted by molar-refractivity contribution is 7.17. The van der Waals surface area contributed by atoms with Crippen molar-refractivity contribution in [2.75, 3.05) is 11.5 Å². The Hall–Kier alpha value is -2.48. The summed E-state index contributed by atoms with van der Waals surface area (Å²) in [6, 6.07) is -0.109. The van der Waals surface area contributed by atoms with E-state index in [-0.39, 0.29) is 11.9 Å². The number of amides is 1. The molecule has 146 valence electrons. The number of hydrogen-bond donors (Lipinski definition) is 0. The van der Waals surface area contributed by atoms with Gasteiger partial charge in [-0.05, 0) is 47.6 Å². The Morgan fingerprint density at radius 3 is 2.59 bits per heavy atom. The Labute approximate surface area is 163 Å². The molecule has 2 aromatic rings. The molecule has 0 spiro atoms. The maximum atomic E-state index is 12.8. The van der Waals surface area contributed by atoms with Crippen LogP contribution in [0.15, 0.2) is 12.3 Å². The third kappa shape index (κ3) is 4.63. The highest BCUT2D eigenvalue weighted by atomic mass is 32.1. The van der Waals surface area contributed by atoms with Gasteiger partial charge in [-0.15, -0.1) is 0 Å². The zero-order valence-electron chi connectivity index (χ0n) is 16.6. The van der Waals surface area contributed by atoms with Gasteiger partial charge in [-0.3, -0.25) is 14.4 Å². The molecule has 0 N–H and O–H groups in total. The fourth-order valence-electron chi connectivity index (χ4n) is 2.63. The van der Waals surface area contributed by atoms with E-state index < -0.39 is 5.97 Å². The van der Waals surface area contributed by atoms with Gasteiger partial charge in [0, 0.05) is 29.9 Å². The first-order chi connectivity index (χ1) is 12.8. The Morgan fingerprint density at radius 2 is 2.04 bits per heavy atom. The Balaban J connectivity index is 2.28. The number of aromatic nitrogens is 3. The lowest BCUT2D eigenvalue weighted by molar-refractivity contribution is -0.114. The van der Waals surface area contributed by atoms with E-state index in [1.165, 1.54) is 17.4 Å². The quantitative estimate of drug-likeness (QED) is 0.533. The van der Waals surface area contributed by atoms with Crippen LogP contribution in [-0.4, -0.2) is 39.3 Å². The first-order valence-corrected chi connectivity index (χ1v) is 9.79. The number of ether oxygens (including phenoxy) is 1. The van der Waals surface area contributed by atoms with E-state index in [4.69, 9.17) is 4.74 Å². The van der Waals surface area contributed by atoms with Crippen LogP contribution in [0, 0.1) is 13.8 Å². The molecule has 27 heavy (non-hydrogen) atoms. The SMILES string of the molecule is CCOC(=O)c1sc(N(C(=O)/C=C/c2cnn(CC)c2C)C(C)C)nc1C. The number of rotatable bonds is 7. The van der Waals surface area contributed by atoms with Crippen LogP contribution >= 0.6 is 11.3 Å². The van der Waals surface area contributed by atoms with Crippen LogP contribution in [0.2, 0.25) is 0 Å². The zero-order chi connectivity index (χ0) is 20.1. The van der Waals surface area contributed by atoms with E-state index in [2.05, 4.69) is 10.1 Å². The maximum Gasteiger partial charge on any atom is 0.350 e. The summed E-state index contributed by atoms with van der Waals surface area (Å²) in [5.74, 6) is -0.606. The predicted octanol–water partition coefficient (Wildman–Crippen LogP) is 3.61. The Bertz CT molecular complexity index is 851. The molecule has 0 aliphatic carbocycles. The third-order valence-electron chi connectivity index (χ3n) is 4.05. The molecule has 0 aliphatic heterocycles. The van der Waals surface area contributed by atoms with Gasteiger partial charge in [0.05, 0.1) is 18.5 Å². The second-order valence-corrected chi connectivity index (χ2v) is 7.25. The summed E-state index contributed by atoms with van der Waals surface area (Å²) in [6.45, 7) is 12.4. The van der Waals surface area contributed by atoms with Gasteiger partial charge in [-0.1, -0.05) is 11.3 Å². The van der Waals surface area contributed by atoms with Crippen molar-refractivity contribution in [2.45, 2.75) is 54.1 Å². The average Bonchev–Trinajstić information content (AvgIpc) is 3.15. The monoisotopic (exact) mass is 390 g/mol. The molecule has 2 heterocycles. The van der Waals surface area contributed by atoms with Crippen molar-refractivity contribution >= 4 is 34.4 Å². The second kappa shape index (κ2) is 8.94. The number of anilines is 1. The topological polar surface area (TPSA) is 77.3 Å². The first-order valence-electron chi connectivity index (χ1n) is 8.98. The summed E-state index contributed by atoms with van der Waals surface area (Å²) < 4.78 is 6.93. The molecule has 0 unspecified atom stereocenters. The van der Waals surface area contributed by atoms with Gasteiger partial charge in [0.1, 0.15) is 4.88 Å². The minimum absolute atomic E-state index is 0.109. The predicted molar refractivity (Wildman–Crippen MR) is 107 cm³/mol. The van der Waals surface area contributed by atoms with Crippen LogP contribution < -0.4 is 4.90 Å². The largest absolute Gasteiger partial charge is 0.462 e. The van der Waals surface area contributed by atoms with Gasteiger partial charge in [-0.2, -0.15) is 5.10 Å². The molecule has 0 radical (unpaired) electrons. The highest BCUT2D eigenvalue weighted by Crippen LogP contribution is 2.28. The van der Waals surface area contributed by atoms with Gasteiger partial charge < -0.3 is 4.74 Å². The fraction of sp³-hybridized carbons (Fsp3) is 0.474. The van der Waals surface area contributed by atoms with Crippen LogP contribution in [0.25, 0.3) is 6.08 Å². The molecule has 0 aromatic carbocycles. The van der Waals surface area contributed by atoms with Crippen LogP contribution in [0.1, 0.15) is 54.3 Å². The molecule has 8 heteroatoms. The molecule has 7 nitrogen and oxygen atoms in total. The molecule has 0 saturated carbocycles. The molecule has 0 saturated heterocycles. The minimum atomic E-state index is -0.409. The fourth-order valence-corrected chi connectivity index (χ4v) is 3.73. The van der Waals surface area contributed by atoms with Gasteiger partial charge in [-0.25, -0.2) is 9.78 Å². The van der Waals surface area contributed by atoms with Crippen molar-refractivity contribution in [1.29, 1.82) is 0 Å². The summed E-state index contributed by atoms with van der Waals surface area (Å²) in [6.07, 6.45) is 5.03. The molecular formula is C19H26N4O3S. The lowest BCUT2D eigenvalue weighted by Gasteiger charge is -2.22. The number of aryl methyl sites for hydroxylation is 2. The number of carbonyl (C=O) groups is 2. The molecule has 1 amide bonds. The van der Waals surface area contributed by atoms with Crippen molar-refractivity contribution in [3.63, 3.8) is 0 Å². The maximum absolute atomic E-state index is 12.8. The van der Waals surface area contributed by atoms with E-state index in [1.54, 1.807) is 31.0 Å². The summed E-state index contributed by atoms with van der Waals surface area (Å²) >= 11 is 1.17. The molecule has 2 rings (SSSR count). The van der Waals surface area contributed by atoms with Gasteiger partial charge in [0.2, 0.25) is 0 Å². The lowest BCUT2D eigenvalue weighted by atomic mass is 10.2. The number of nitrogens with zero attached hydrogens (tertiary/aromatic N) is 4. The molecule has 0 atom stereocenters. The number of esters is 1. The number of hydrogen-bond acceptors (Lipinski definition) is 6. The van der Waals surface area contributed by atoms with Gasteiger partial charge in [0.25, 0.3) is 5.91 Å². The van der Waals surface area contributed by atoms with Crippen molar-refractivity contribution in [1.82, 2.24) is 14.8 Å². The normalized spacial score (nSPS) is 11.4. The first kappa shape index (κ1) is 20.8. The molecule has 2 aromatic heterocycles. The number of thiazole rings is 1. The van der Waals surface area contributed by atoms with Gasteiger partial charge >= 0.3 is 5.97 Å². The van der Waals surface area contributed by atoms with Crippen LogP contribution in [0.5, 0.6) is 0 Å². The second-order valence-electron chi connectivity index (χ2n) is 6.27.